The molecule has 1 amide bonds. The van der Waals surface area contributed by atoms with Crippen LogP contribution < -0.4 is 10.1 Å². The second-order valence-corrected chi connectivity index (χ2v) is 7.58. The Morgan fingerprint density at radius 3 is 2.28 bits per heavy atom. The van der Waals surface area contributed by atoms with E-state index in [4.69, 9.17) is 9.84 Å². The van der Waals surface area contributed by atoms with Gasteiger partial charge in [-0.2, -0.15) is 5.10 Å². The quantitative estimate of drug-likeness (QED) is 0.417. The van der Waals surface area contributed by atoms with Crippen LogP contribution >= 0.6 is 0 Å². The molecule has 0 unspecified atom stereocenters. The van der Waals surface area contributed by atoms with Crippen LogP contribution in [0.2, 0.25) is 0 Å². The van der Waals surface area contributed by atoms with Crippen molar-refractivity contribution in [3.8, 4) is 17.0 Å². The van der Waals surface area contributed by atoms with Gasteiger partial charge in [-0.25, -0.2) is 0 Å². The van der Waals surface area contributed by atoms with Gasteiger partial charge in [-0.3, -0.25) is 9.48 Å². The van der Waals surface area contributed by atoms with E-state index >= 15 is 0 Å². The molecule has 0 radical (unpaired) electrons. The third-order valence-electron chi connectivity index (χ3n) is 5.15. The molecule has 5 heteroatoms. The van der Waals surface area contributed by atoms with Crippen LogP contribution in [-0.4, -0.2) is 22.3 Å². The van der Waals surface area contributed by atoms with Gasteiger partial charge >= 0.3 is 0 Å². The lowest BCUT2D eigenvalue weighted by molar-refractivity contribution is -0.120. The van der Waals surface area contributed by atoms with Gasteiger partial charge in [-0.15, -0.1) is 0 Å². The fraction of sp³-hybridized carbons (Fsp3) is 0.185. The number of amides is 1. The Morgan fingerprint density at radius 1 is 0.906 bits per heavy atom. The number of benzene rings is 3. The number of hydrogen-bond acceptors (Lipinski definition) is 3. The van der Waals surface area contributed by atoms with Crippen molar-refractivity contribution >= 4 is 5.91 Å². The number of carbonyl (C=O) groups excluding carboxylic acids is 1. The molecule has 4 rings (SSSR count). The van der Waals surface area contributed by atoms with Gasteiger partial charge in [0.05, 0.1) is 25.3 Å². The smallest absolute Gasteiger partial charge is 0.224 e. The molecule has 0 saturated carbocycles. The molecule has 32 heavy (non-hydrogen) atoms. The first-order valence-electron chi connectivity index (χ1n) is 10.9. The molecular weight excluding hydrogens is 398 g/mol. The van der Waals surface area contributed by atoms with E-state index in [1.54, 1.807) is 0 Å². The number of nitrogens with zero attached hydrogens (tertiary/aromatic N) is 2. The molecule has 0 atom stereocenters. The third kappa shape index (κ3) is 5.64. The molecule has 0 aliphatic rings. The van der Waals surface area contributed by atoms with E-state index in [1.807, 2.05) is 90.6 Å². The van der Waals surface area contributed by atoms with Crippen molar-refractivity contribution < 1.29 is 9.53 Å². The van der Waals surface area contributed by atoms with E-state index in [9.17, 15) is 4.79 Å². The minimum absolute atomic E-state index is 0.0241. The van der Waals surface area contributed by atoms with Crippen LogP contribution in [0.1, 0.15) is 23.6 Å². The minimum atomic E-state index is -0.0241. The van der Waals surface area contributed by atoms with Gasteiger partial charge in [0.2, 0.25) is 5.91 Å². The van der Waals surface area contributed by atoms with Gasteiger partial charge in [-0.05, 0) is 30.2 Å². The van der Waals surface area contributed by atoms with Gasteiger partial charge in [0, 0.05) is 23.9 Å². The monoisotopic (exact) mass is 425 g/mol. The maximum absolute atomic E-state index is 12.6. The number of aromatic nitrogens is 2. The average molecular weight is 426 g/mol. The molecule has 0 aliphatic carbocycles. The summed E-state index contributed by atoms with van der Waals surface area (Å²) >= 11 is 0. The molecule has 3 aromatic carbocycles. The third-order valence-corrected chi connectivity index (χ3v) is 5.15. The Morgan fingerprint density at radius 2 is 1.59 bits per heavy atom. The Balaban J connectivity index is 1.46. The molecular formula is C27H27N3O2. The topological polar surface area (TPSA) is 56.1 Å². The van der Waals surface area contributed by atoms with Crippen molar-refractivity contribution in [2.24, 2.45) is 0 Å². The zero-order valence-corrected chi connectivity index (χ0v) is 18.2. The molecule has 1 aromatic heterocycles. The maximum atomic E-state index is 12.6. The molecule has 0 fully saturated rings. The number of hydrogen-bond donors (Lipinski definition) is 1. The molecule has 0 aliphatic heterocycles. The SMILES string of the molecule is CCOc1ccc(CC(=O)NCc2cn(Cc3ccccc3)nc2-c2ccccc2)cc1. The Bertz CT molecular complexity index is 1140. The van der Waals surface area contributed by atoms with Crippen molar-refractivity contribution in [3.63, 3.8) is 0 Å². The number of carbonyl (C=O) groups is 1. The summed E-state index contributed by atoms with van der Waals surface area (Å²) in [6.07, 6.45) is 2.34. The van der Waals surface area contributed by atoms with E-state index < -0.39 is 0 Å². The van der Waals surface area contributed by atoms with Crippen LogP contribution in [-0.2, 0) is 24.3 Å². The van der Waals surface area contributed by atoms with Crippen molar-refractivity contribution in [1.82, 2.24) is 15.1 Å². The average Bonchev–Trinajstić information content (AvgIpc) is 3.23. The van der Waals surface area contributed by atoms with E-state index in [1.165, 1.54) is 5.56 Å². The lowest BCUT2D eigenvalue weighted by Crippen LogP contribution is -2.24. The molecule has 0 spiro atoms. The highest BCUT2D eigenvalue weighted by Gasteiger charge is 2.13. The zero-order valence-electron chi connectivity index (χ0n) is 18.2. The standard InChI is InChI=1S/C27H27N3O2/c1-2-32-25-15-13-21(14-16-25)17-26(31)28-18-24-20-30(19-22-9-5-3-6-10-22)29-27(24)23-11-7-4-8-12-23/h3-16,20H,2,17-19H2,1H3,(H,28,31). The molecule has 0 saturated heterocycles. The molecule has 1 N–H and O–H groups in total. The highest BCUT2D eigenvalue weighted by atomic mass is 16.5. The summed E-state index contributed by atoms with van der Waals surface area (Å²) in [5.74, 6) is 0.791. The first kappa shape index (κ1) is 21.4. The van der Waals surface area contributed by atoms with Crippen molar-refractivity contribution in [1.29, 1.82) is 0 Å². The summed E-state index contributed by atoms with van der Waals surface area (Å²) < 4.78 is 7.40. The van der Waals surface area contributed by atoms with Gasteiger partial charge in [-0.1, -0.05) is 72.8 Å². The second kappa shape index (κ2) is 10.4. The second-order valence-electron chi connectivity index (χ2n) is 7.58. The molecule has 162 valence electrons. The predicted octanol–water partition coefficient (Wildman–Crippen LogP) is 4.86. The predicted molar refractivity (Wildman–Crippen MR) is 126 cm³/mol. The van der Waals surface area contributed by atoms with Gasteiger partial charge < -0.3 is 10.1 Å². The van der Waals surface area contributed by atoms with E-state index in [-0.39, 0.29) is 5.91 Å². The molecule has 1 heterocycles. The Labute approximate surface area is 188 Å². The van der Waals surface area contributed by atoms with Crippen molar-refractivity contribution in [2.45, 2.75) is 26.4 Å². The first-order valence-corrected chi connectivity index (χ1v) is 10.9. The van der Waals surface area contributed by atoms with Crippen LogP contribution in [0.25, 0.3) is 11.3 Å². The van der Waals surface area contributed by atoms with E-state index in [2.05, 4.69) is 17.4 Å². The van der Waals surface area contributed by atoms with Gasteiger partial charge in [0.1, 0.15) is 5.75 Å². The van der Waals surface area contributed by atoms with Crippen LogP contribution in [0.4, 0.5) is 0 Å². The summed E-state index contributed by atoms with van der Waals surface area (Å²) in [4.78, 5) is 12.6. The highest BCUT2D eigenvalue weighted by molar-refractivity contribution is 5.78. The maximum Gasteiger partial charge on any atom is 0.224 e. The largest absolute Gasteiger partial charge is 0.494 e. The minimum Gasteiger partial charge on any atom is -0.494 e. The lowest BCUT2D eigenvalue weighted by atomic mass is 10.1. The fourth-order valence-electron chi connectivity index (χ4n) is 3.59. The van der Waals surface area contributed by atoms with Crippen molar-refractivity contribution in [3.05, 3.63) is 108 Å². The van der Waals surface area contributed by atoms with Crippen LogP contribution in [0, 0.1) is 0 Å². The lowest BCUT2D eigenvalue weighted by Gasteiger charge is -2.07. The highest BCUT2D eigenvalue weighted by Crippen LogP contribution is 2.22. The zero-order chi connectivity index (χ0) is 22.2. The van der Waals surface area contributed by atoms with Crippen LogP contribution in [0.3, 0.4) is 0 Å². The summed E-state index contributed by atoms with van der Waals surface area (Å²) in [6, 6.07) is 28.0. The van der Waals surface area contributed by atoms with Crippen LogP contribution in [0.5, 0.6) is 5.75 Å². The first-order chi connectivity index (χ1) is 15.7. The van der Waals surface area contributed by atoms with Gasteiger partial charge in [0.15, 0.2) is 0 Å². The summed E-state index contributed by atoms with van der Waals surface area (Å²) in [5, 5.41) is 7.87. The molecule has 5 nitrogen and oxygen atoms in total. The fourth-order valence-corrected chi connectivity index (χ4v) is 3.59. The number of nitrogens with one attached hydrogen (secondary N) is 1. The van der Waals surface area contributed by atoms with Gasteiger partial charge in [0.25, 0.3) is 0 Å². The summed E-state index contributed by atoms with van der Waals surface area (Å²) in [6.45, 7) is 3.68. The number of ether oxygens (including phenoxy) is 1. The van der Waals surface area contributed by atoms with Crippen molar-refractivity contribution in [2.75, 3.05) is 6.61 Å². The van der Waals surface area contributed by atoms with E-state index in [0.717, 1.165) is 28.1 Å². The summed E-state index contributed by atoms with van der Waals surface area (Å²) in [7, 11) is 0. The van der Waals surface area contributed by atoms with Crippen LogP contribution in [0.15, 0.2) is 91.1 Å². The number of rotatable bonds is 9. The Kier molecular flexibility index (Phi) is 6.98. The van der Waals surface area contributed by atoms with E-state index in [0.29, 0.717) is 26.1 Å². The summed E-state index contributed by atoms with van der Waals surface area (Å²) in [5.41, 5.74) is 5.06. The normalized spacial score (nSPS) is 10.7. The molecule has 4 aromatic rings. The Hall–Kier alpha value is -3.86. The molecule has 0 bridgehead atoms.